The molecular formula is C52H54O4S2+2. The van der Waals surface area contributed by atoms with Gasteiger partial charge in [0.2, 0.25) is 0 Å². The Hall–Kier alpha value is -5.04. The summed E-state index contributed by atoms with van der Waals surface area (Å²) in [6, 6.07) is 54.8. The maximum atomic E-state index is 12.7. The average molecular weight is 807 g/mol. The van der Waals surface area contributed by atoms with Gasteiger partial charge in [0.15, 0.2) is 29.4 Å². The molecule has 0 saturated heterocycles. The van der Waals surface area contributed by atoms with Crippen molar-refractivity contribution in [3.05, 3.63) is 169 Å². The molecule has 2 fully saturated rings. The van der Waals surface area contributed by atoms with Crippen molar-refractivity contribution in [3.8, 4) is 11.5 Å². The number of aryl methyl sites for hydroxylation is 2. The Labute approximate surface area is 350 Å². The zero-order valence-electron chi connectivity index (χ0n) is 33.7. The normalized spacial score (nSPS) is 14.7. The summed E-state index contributed by atoms with van der Waals surface area (Å²) in [5, 5.41) is 0. The molecule has 0 aromatic heterocycles. The highest BCUT2D eigenvalue weighted by Gasteiger charge is 2.32. The first kappa shape index (κ1) is 41.1. The van der Waals surface area contributed by atoms with Gasteiger partial charge in [-0.2, -0.15) is 0 Å². The van der Waals surface area contributed by atoms with E-state index in [1.54, 1.807) is 0 Å². The number of hydrogen-bond acceptors (Lipinski definition) is 4. The maximum Gasteiger partial charge on any atom is 0.314 e. The number of benzene rings is 6. The Balaban J connectivity index is 0.000000177. The SMILES string of the molecule is Cc1cc([S+](c2ccccc2)c2ccccc2)cc(C)c1OC(=O)C1CCCCC1.O=C(Oc1ccc([S+](c2ccccc2)c2ccccc2)cc1)C1CCCCC1. The summed E-state index contributed by atoms with van der Waals surface area (Å²) in [6.07, 6.45) is 10.8. The van der Waals surface area contributed by atoms with Crippen molar-refractivity contribution >= 4 is 33.7 Å². The second kappa shape index (κ2) is 20.6. The number of carbonyl (C=O) groups excluding carboxylic acids is 2. The molecule has 2 aliphatic rings. The average Bonchev–Trinajstić information content (AvgIpc) is 3.28. The predicted octanol–water partition coefficient (Wildman–Crippen LogP) is 13.2. The van der Waals surface area contributed by atoms with Crippen LogP contribution in [0.4, 0.5) is 0 Å². The van der Waals surface area contributed by atoms with Crippen molar-refractivity contribution in [1.82, 2.24) is 0 Å². The van der Waals surface area contributed by atoms with E-state index in [1.807, 2.05) is 24.3 Å². The number of hydrogen-bond donors (Lipinski definition) is 0. The van der Waals surface area contributed by atoms with Gasteiger partial charge in [-0.25, -0.2) is 0 Å². The Morgan fingerprint density at radius 1 is 0.414 bits per heavy atom. The topological polar surface area (TPSA) is 52.6 Å². The van der Waals surface area contributed by atoms with Crippen molar-refractivity contribution in [2.45, 2.75) is 107 Å². The van der Waals surface area contributed by atoms with Gasteiger partial charge in [-0.15, -0.1) is 0 Å². The van der Waals surface area contributed by atoms with E-state index in [1.165, 1.54) is 42.2 Å². The van der Waals surface area contributed by atoms with Crippen molar-refractivity contribution in [1.29, 1.82) is 0 Å². The lowest BCUT2D eigenvalue weighted by Crippen LogP contribution is -2.23. The largest absolute Gasteiger partial charge is 0.426 e. The number of rotatable bonds is 10. The second-order valence-corrected chi connectivity index (χ2v) is 19.3. The smallest absolute Gasteiger partial charge is 0.314 e. The highest BCUT2D eigenvalue weighted by atomic mass is 32.2. The molecule has 4 nitrogen and oxygen atoms in total. The number of esters is 2. The van der Waals surface area contributed by atoms with Gasteiger partial charge < -0.3 is 9.47 Å². The fourth-order valence-corrected chi connectivity index (χ4v) is 12.3. The predicted molar refractivity (Wildman–Crippen MR) is 237 cm³/mol. The summed E-state index contributed by atoms with van der Waals surface area (Å²) in [5.74, 6) is 1.37. The van der Waals surface area contributed by atoms with Gasteiger partial charge in [-0.05, 0) is 123 Å². The molecule has 0 heterocycles. The van der Waals surface area contributed by atoms with Crippen molar-refractivity contribution in [3.63, 3.8) is 0 Å². The molecule has 0 amide bonds. The van der Waals surface area contributed by atoms with Crippen LogP contribution < -0.4 is 9.47 Å². The highest BCUT2D eigenvalue weighted by molar-refractivity contribution is 7.97. The quantitative estimate of drug-likeness (QED) is 0.0786. The minimum absolute atomic E-state index is 0.0560. The molecule has 2 saturated carbocycles. The molecule has 2 aliphatic carbocycles. The minimum atomic E-state index is -0.201. The lowest BCUT2D eigenvalue weighted by molar-refractivity contribution is -0.140. The van der Waals surface area contributed by atoms with Gasteiger partial charge in [0.1, 0.15) is 11.5 Å². The van der Waals surface area contributed by atoms with E-state index in [2.05, 4.69) is 147 Å². The molecule has 6 heteroatoms. The van der Waals surface area contributed by atoms with Gasteiger partial charge >= 0.3 is 11.9 Å². The van der Waals surface area contributed by atoms with Gasteiger partial charge in [0, 0.05) is 12.1 Å². The Morgan fingerprint density at radius 3 is 1.12 bits per heavy atom. The van der Waals surface area contributed by atoms with Crippen molar-refractivity contribution in [2.24, 2.45) is 11.8 Å². The molecule has 58 heavy (non-hydrogen) atoms. The molecule has 6 aromatic carbocycles. The van der Waals surface area contributed by atoms with Crippen LogP contribution in [0.2, 0.25) is 0 Å². The molecular weight excluding hydrogens is 753 g/mol. The minimum Gasteiger partial charge on any atom is -0.426 e. The molecule has 0 atom stereocenters. The van der Waals surface area contributed by atoms with Crippen LogP contribution in [0.5, 0.6) is 11.5 Å². The van der Waals surface area contributed by atoms with E-state index in [0.29, 0.717) is 5.75 Å². The third-order valence-electron chi connectivity index (χ3n) is 10.9. The fraction of sp³-hybridized carbons (Fsp3) is 0.269. The third kappa shape index (κ3) is 10.7. The van der Waals surface area contributed by atoms with Crippen LogP contribution in [0.1, 0.15) is 75.3 Å². The van der Waals surface area contributed by atoms with E-state index in [-0.39, 0.29) is 45.6 Å². The molecule has 0 bridgehead atoms. The van der Waals surface area contributed by atoms with E-state index >= 15 is 0 Å². The summed E-state index contributed by atoms with van der Waals surface area (Å²) >= 11 is 0. The number of carbonyl (C=O) groups is 2. The molecule has 0 aliphatic heterocycles. The van der Waals surface area contributed by atoms with Crippen LogP contribution in [-0.4, -0.2) is 11.9 Å². The van der Waals surface area contributed by atoms with Crippen molar-refractivity contribution < 1.29 is 19.1 Å². The molecule has 296 valence electrons. The van der Waals surface area contributed by atoms with Crippen LogP contribution >= 0.6 is 0 Å². The van der Waals surface area contributed by atoms with Crippen LogP contribution in [0.25, 0.3) is 0 Å². The molecule has 6 aromatic rings. The summed E-state index contributed by atoms with van der Waals surface area (Å²) in [5.41, 5.74) is 2.05. The maximum absolute atomic E-state index is 12.7. The Bertz CT molecular complexity index is 2100. The summed E-state index contributed by atoms with van der Waals surface area (Å²) in [4.78, 5) is 32.7. The first-order chi connectivity index (χ1) is 28.4. The van der Waals surface area contributed by atoms with E-state index in [4.69, 9.17) is 9.47 Å². The molecule has 0 N–H and O–H groups in total. The highest BCUT2D eigenvalue weighted by Crippen LogP contribution is 2.37. The first-order valence-corrected chi connectivity index (χ1v) is 23.2. The zero-order valence-corrected chi connectivity index (χ0v) is 35.3. The molecule has 0 unspecified atom stereocenters. The van der Waals surface area contributed by atoms with E-state index in [9.17, 15) is 9.59 Å². The third-order valence-corrected chi connectivity index (χ3v) is 15.4. The van der Waals surface area contributed by atoms with Gasteiger partial charge in [0.25, 0.3) is 0 Å². The summed E-state index contributed by atoms with van der Waals surface area (Å²) in [7, 11) is -0.381. The standard InChI is InChI=1S/C27H29O2S.C25H25O2S/c1-20-18-25(19-21(2)26(20)29-27(28)22-12-6-3-7-13-22)30(23-14-8-4-9-15-23)24-16-10-5-11-17-24;26-25(20-10-4-1-5-11-20)27-21-16-18-24(19-17-21)28(22-12-6-2-7-13-22)23-14-8-3-9-15-23/h4-5,8-11,14-19,22H,3,6-7,12-13H2,1-2H3;2-3,6-9,12-20H,1,4-5,10-11H2/q2*+1. The van der Waals surface area contributed by atoms with Crippen LogP contribution in [0.15, 0.2) is 187 Å². The van der Waals surface area contributed by atoms with Crippen molar-refractivity contribution in [2.75, 3.05) is 0 Å². The number of ether oxygens (including phenoxy) is 2. The van der Waals surface area contributed by atoms with Gasteiger partial charge in [-0.3, -0.25) is 9.59 Å². The summed E-state index contributed by atoms with van der Waals surface area (Å²) < 4.78 is 11.6. The second-order valence-electron chi connectivity index (χ2n) is 15.2. The summed E-state index contributed by atoms with van der Waals surface area (Å²) in [6.45, 7) is 4.11. The lowest BCUT2D eigenvalue weighted by Gasteiger charge is -2.21. The van der Waals surface area contributed by atoms with Gasteiger partial charge in [-0.1, -0.05) is 111 Å². The fourth-order valence-electron chi connectivity index (χ4n) is 7.94. The molecule has 0 spiro atoms. The first-order valence-electron chi connectivity index (χ1n) is 20.8. The Morgan fingerprint density at radius 2 is 0.741 bits per heavy atom. The monoisotopic (exact) mass is 806 g/mol. The Kier molecular flexibility index (Phi) is 14.6. The zero-order chi connectivity index (χ0) is 40.1. The lowest BCUT2D eigenvalue weighted by atomic mass is 9.89. The van der Waals surface area contributed by atoms with E-state index < -0.39 is 0 Å². The van der Waals surface area contributed by atoms with Crippen LogP contribution in [0, 0.1) is 25.7 Å². The van der Waals surface area contributed by atoms with Crippen LogP contribution in [-0.2, 0) is 31.4 Å². The van der Waals surface area contributed by atoms with Gasteiger partial charge in [0.05, 0.1) is 33.6 Å². The molecule has 0 radical (unpaired) electrons. The van der Waals surface area contributed by atoms with E-state index in [0.717, 1.165) is 68.2 Å². The van der Waals surface area contributed by atoms with Crippen LogP contribution in [0.3, 0.4) is 0 Å². The molecule has 8 rings (SSSR count).